The van der Waals surface area contributed by atoms with Crippen LogP contribution < -0.4 is 5.32 Å². The Kier molecular flexibility index (Phi) is 3.87. The van der Waals surface area contributed by atoms with Crippen molar-refractivity contribution in [1.82, 2.24) is 5.32 Å². The summed E-state index contributed by atoms with van der Waals surface area (Å²) in [5.74, 6) is 0. The van der Waals surface area contributed by atoms with Crippen molar-refractivity contribution < 1.29 is 9.84 Å². The van der Waals surface area contributed by atoms with Gasteiger partial charge >= 0.3 is 0 Å². The molecule has 3 rings (SSSR count). The maximum atomic E-state index is 10.4. The van der Waals surface area contributed by atoms with Crippen molar-refractivity contribution in [2.75, 3.05) is 19.8 Å². The fraction of sp³-hybridized carbons (Fsp3) is 0.625. The van der Waals surface area contributed by atoms with Gasteiger partial charge in [0.1, 0.15) is 5.60 Å². The fourth-order valence-corrected chi connectivity index (χ4v) is 3.18. The molecule has 19 heavy (non-hydrogen) atoms. The minimum atomic E-state index is -0.665. The molecule has 0 amide bonds. The first-order valence-electron chi connectivity index (χ1n) is 7.38. The number of ether oxygens (including phenoxy) is 1. The topological polar surface area (TPSA) is 41.5 Å². The van der Waals surface area contributed by atoms with Crippen molar-refractivity contribution in [1.29, 1.82) is 0 Å². The molecule has 1 aliphatic carbocycles. The lowest BCUT2D eigenvalue weighted by Crippen LogP contribution is -2.42. The van der Waals surface area contributed by atoms with E-state index >= 15 is 0 Å². The predicted molar refractivity (Wildman–Crippen MR) is 75.1 cm³/mol. The van der Waals surface area contributed by atoms with Gasteiger partial charge in [-0.25, -0.2) is 0 Å². The molecule has 0 radical (unpaired) electrons. The van der Waals surface area contributed by atoms with E-state index in [4.69, 9.17) is 4.74 Å². The Morgan fingerprint density at radius 3 is 3.05 bits per heavy atom. The molecule has 3 nitrogen and oxygen atoms in total. The summed E-state index contributed by atoms with van der Waals surface area (Å²) in [6.45, 7) is 1.78. The number of benzene rings is 1. The Hall–Kier alpha value is -0.900. The Morgan fingerprint density at radius 1 is 1.32 bits per heavy atom. The summed E-state index contributed by atoms with van der Waals surface area (Å²) in [6, 6.07) is 9.09. The maximum absolute atomic E-state index is 10.4. The van der Waals surface area contributed by atoms with E-state index in [1.165, 1.54) is 30.4 Å². The first kappa shape index (κ1) is 13.1. The molecule has 3 heteroatoms. The molecule has 1 saturated heterocycles. The summed E-state index contributed by atoms with van der Waals surface area (Å²) in [4.78, 5) is 0. The van der Waals surface area contributed by atoms with Crippen molar-refractivity contribution in [2.45, 2.75) is 43.7 Å². The number of hydrogen-bond donors (Lipinski definition) is 2. The zero-order valence-electron chi connectivity index (χ0n) is 11.4. The summed E-state index contributed by atoms with van der Waals surface area (Å²) < 4.78 is 5.30. The van der Waals surface area contributed by atoms with Crippen LogP contribution in [-0.4, -0.2) is 30.5 Å². The monoisotopic (exact) mass is 261 g/mol. The molecule has 0 saturated carbocycles. The maximum Gasteiger partial charge on any atom is 0.103 e. The van der Waals surface area contributed by atoms with Crippen molar-refractivity contribution in [3.8, 4) is 0 Å². The second-order valence-electron chi connectivity index (χ2n) is 5.91. The quantitative estimate of drug-likeness (QED) is 0.820. The SMILES string of the molecule is OC1(CNC2CCCCc3ccccc32)CCOC1. The summed E-state index contributed by atoms with van der Waals surface area (Å²) in [5, 5.41) is 13.9. The molecule has 1 aromatic rings. The van der Waals surface area contributed by atoms with Gasteiger partial charge in [0.05, 0.1) is 6.61 Å². The predicted octanol–water partition coefficient (Wildman–Crippen LogP) is 2.20. The van der Waals surface area contributed by atoms with Gasteiger partial charge in [-0.1, -0.05) is 30.7 Å². The first-order valence-corrected chi connectivity index (χ1v) is 7.38. The van der Waals surface area contributed by atoms with Crippen LogP contribution in [0.4, 0.5) is 0 Å². The highest BCUT2D eigenvalue weighted by molar-refractivity contribution is 5.31. The van der Waals surface area contributed by atoms with Crippen LogP contribution in [0.3, 0.4) is 0 Å². The lowest BCUT2D eigenvalue weighted by Gasteiger charge is -2.26. The number of rotatable bonds is 3. The lowest BCUT2D eigenvalue weighted by molar-refractivity contribution is 0.0245. The highest BCUT2D eigenvalue weighted by Gasteiger charge is 2.33. The Balaban J connectivity index is 1.70. The molecule has 1 fully saturated rings. The van der Waals surface area contributed by atoms with E-state index in [0.717, 1.165) is 12.8 Å². The summed E-state index contributed by atoms with van der Waals surface area (Å²) >= 11 is 0. The van der Waals surface area contributed by atoms with Crippen molar-refractivity contribution in [2.24, 2.45) is 0 Å². The van der Waals surface area contributed by atoms with Gasteiger partial charge in [0, 0.05) is 25.6 Å². The van der Waals surface area contributed by atoms with E-state index in [2.05, 4.69) is 29.6 Å². The normalized spacial score (nSPS) is 30.9. The molecular weight excluding hydrogens is 238 g/mol. The lowest BCUT2D eigenvalue weighted by atomic mass is 9.97. The van der Waals surface area contributed by atoms with Gasteiger partial charge in [-0.2, -0.15) is 0 Å². The Labute approximate surface area is 115 Å². The van der Waals surface area contributed by atoms with Crippen molar-refractivity contribution in [3.63, 3.8) is 0 Å². The van der Waals surface area contributed by atoms with Crippen LogP contribution in [0.15, 0.2) is 24.3 Å². The largest absolute Gasteiger partial charge is 0.386 e. The van der Waals surface area contributed by atoms with Crippen LogP contribution in [-0.2, 0) is 11.2 Å². The molecule has 1 aromatic carbocycles. The highest BCUT2D eigenvalue weighted by atomic mass is 16.5. The van der Waals surface area contributed by atoms with E-state index < -0.39 is 5.60 Å². The fourth-order valence-electron chi connectivity index (χ4n) is 3.18. The zero-order chi connectivity index (χ0) is 13.1. The molecule has 104 valence electrons. The van der Waals surface area contributed by atoms with Gasteiger partial charge in [-0.15, -0.1) is 0 Å². The summed E-state index contributed by atoms with van der Waals surface area (Å²) in [5.41, 5.74) is 2.22. The number of fused-ring (bicyclic) bond motifs is 1. The van der Waals surface area contributed by atoms with E-state index in [1.807, 2.05) is 0 Å². The van der Waals surface area contributed by atoms with Gasteiger partial charge < -0.3 is 15.2 Å². The van der Waals surface area contributed by atoms with Gasteiger partial charge in [0.15, 0.2) is 0 Å². The number of nitrogens with one attached hydrogen (secondary N) is 1. The van der Waals surface area contributed by atoms with Gasteiger partial charge in [0.2, 0.25) is 0 Å². The third kappa shape index (κ3) is 2.99. The van der Waals surface area contributed by atoms with Crippen LogP contribution in [0, 0.1) is 0 Å². The number of aliphatic hydroxyl groups is 1. The molecule has 1 aliphatic heterocycles. The highest BCUT2D eigenvalue weighted by Crippen LogP contribution is 2.29. The van der Waals surface area contributed by atoms with Crippen LogP contribution >= 0.6 is 0 Å². The van der Waals surface area contributed by atoms with Gasteiger partial charge in [-0.05, 0) is 30.4 Å². The van der Waals surface area contributed by atoms with Crippen LogP contribution in [0.1, 0.15) is 42.9 Å². The van der Waals surface area contributed by atoms with Crippen LogP contribution in [0.5, 0.6) is 0 Å². The molecule has 1 heterocycles. The standard InChI is InChI=1S/C16H23NO2/c18-16(9-10-19-12-16)11-17-15-8-4-2-6-13-5-1-3-7-14(13)15/h1,3,5,7,15,17-18H,2,4,6,8-12H2. The minimum Gasteiger partial charge on any atom is -0.386 e. The molecule has 2 N–H and O–H groups in total. The van der Waals surface area contributed by atoms with E-state index in [9.17, 15) is 5.11 Å². The zero-order valence-corrected chi connectivity index (χ0v) is 11.4. The Bertz CT molecular complexity index is 427. The van der Waals surface area contributed by atoms with E-state index in [1.54, 1.807) is 0 Å². The smallest absolute Gasteiger partial charge is 0.103 e. The minimum absolute atomic E-state index is 0.378. The molecule has 0 spiro atoms. The van der Waals surface area contributed by atoms with Crippen LogP contribution in [0.2, 0.25) is 0 Å². The second-order valence-corrected chi connectivity index (χ2v) is 5.91. The number of hydrogen-bond acceptors (Lipinski definition) is 3. The van der Waals surface area contributed by atoms with E-state index in [0.29, 0.717) is 25.8 Å². The summed E-state index contributed by atoms with van der Waals surface area (Å²) in [7, 11) is 0. The molecule has 2 atom stereocenters. The third-order valence-electron chi connectivity index (χ3n) is 4.38. The first-order chi connectivity index (χ1) is 9.27. The van der Waals surface area contributed by atoms with Crippen molar-refractivity contribution >= 4 is 0 Å². The average molecular weight is 261 g/mol. The van der Waals surface area contributed by atoms with Gasteiger partial charge in [-0.3, -0.25) is 0 Å². The van der Waals surface area contributed by atoms with Crippen LogP contribution in [0.25, 0.3) is 0 Å². The van der Waals surface area contributed by atoms with Crippen molar-refractivity contribution in [3.05, 3.63) is 35.4 Å². The number of aryl methyl sites for hydroxylation is 1. The molecule has 0 aromatic heterocycles. The summed E-state index contributed by atoms with van der Waals surface area (Å²) in [6.07, 6.45) is 5.61. The molecule has 2 unspecified atom stereocenters. The molecule has 0 bridgehead atoms. The Morgan fingerprint density at radius 2 is 2.21 bits per heavy atom. The van der Waals surface area contributed by atoms with E-state index in [-0.39, 0.29) is 0 Å². The second kappa shape index (κ2) is 5.61. The molecular formula is C16H23NO2. The van der Waals surface area contributed by atoms with Gasteiger partial charge in [0.25, 0.3) is 0 Å². The third-order valence-corrected chi connectivity index (χ3v) is 4.38. The molecule has 2 aliphatic rings. The average Bonchev–Trinajstić information content (AvgIpc) is 2.75.